The summed E-state index contributed by atoms with van der Waals surface area (Å²) in [6.45, 7) is 3.64. The Kier molecular flexibility index (Phi) is 1.94. The zero-order chi connectivity index (χ0) is 10.5. The molecule has 0 aromatic heterocycles. The van der Waals surface area contributed by atoms with Gasteiger partial charge in [0.2, 0.25) is 11.8 Å². The highest BCUT2D eigenvalue weighted by atomic mass is 16.2. The van der Waals surface area contributed by atoms with Gasteiger partial charge in [-0.1, -0.05) is 0 Å². The molecule has 2 aliphatic rings. The highest BCUT2D eigenvalue weighted by molar-refractivity contribution is 6.10. The lowest BCUT2D eigenvalue weighted by Gasteiger charge is -2.19. The number of nitrogens with zero attached hydrogens (tertiary/aromatic N) is 1. The van der Waals surface area contributed by atoms with Crippen LogP contribution in [0.3, 0.4) is 0 Å². The van der Waals surface area contributed by atoms with Gasteiger partial charge in [-0.3, -0.25) is 19.3 Å². The van der Waals surface area contributed by atoms with Crippen molar-refractivity contribution >= 4 is 17.6 Å². The summed E-state index contributed by atoms with van der Waals surface area (Å²) in [5.41, 5.74) is 0. The lowest BCUT2D eigenvalue weighted by Crippen LogP contribution is -2.38. The molecule has 0 radical (unpaired) electrons. The molecule has 14 heavy (non-hydrogen) atoms. The van der Waals surface area contributed by atoms with Gasteiger partial charge in [-0.25, -0.2) is 0 Å². The summed E-state index contributed by atoms with van der Waals surface area (Å²) in [4.78, 5) is 35.9. The van der Waals surface area contributed by atoms with Crippen molar-refractivity contribution < 1.29 is 14.4 Å². The van der Waals surface area contributed by atoms with Crippen LogP contribution in [0.4, 0.5) is 0 Å². The number of rotatable bonds is 1. The third-order valence-corrected chi connectivity index (χ3v) is 3.01. The molecule has 1 saturated carbocycles. The Morgan fingerprint density at radius 1 is 1.07 bits per heavy atom. The van der Waals surface area contributed by atoms with Crippen LogP contribution in [0, 0.1) is 11.8 Å². The highest BCUT2D eigenvalue weighted by Gasteiger charge is 2.53. The molecule has 1 aliphatic carbocycles. The van der Waals surface area contributed by atoms with Gasteiger partial charge in [0.15, 0.2) is 0 Å². The van der Waals surface area contributed by atoms with E-state index < -0.39 is 0 Å². The van der Waals surface area contributed by atoms with Crippen LogP contribution in [-0.2, 0) is 14.4 Å². The first-order valence-electron chi connectivity index (χ1n) is 4.91. The topological polar surface area (TPSA) is 54.5 Å². The van der Waals surface area contributed by atoms with Gasteiger partial charge in [0.05, 0.1) is 11.8 Å². The van der Waals surface area contributed by atoms with Gasteiger partial charge in [0.25, 0.3) is 0 Å². The molecule has 1 heterocycles. The van der Waals surface area contributed by atoms with Gasteiger partial charge in [0, 0.05) is 18.9 Å². The summed E-state index contributed by atoms with van der Waals surface area (Å²) in [6, 6.07) is -0.0873. The van der Waals surface area contributed by atoms with E-state index in [1.54, 1.807) is 0 Å². The van der Waals surface area contributed by atoms with E-state index in [4.69, 9.17) is 0 Å². The Labute approximate surface area is 82.3 Å². The number of imide groups is 1. The molecule has 4 nitrogen and oxygen atoms in total. The SMILES string of the molecule is CC(C)N1C(=O)C2CC(=O)CC2C1=O. The van der Waals surface area contributed by atoms with Crippen molar-refractivity contribution in [2.75, 3.05) is 0 Å². The van der Waals surface area contributed by atoms with Gasteiger partial charge < -0.3 is 0 Å². The molecular formula is C10H13NO3. The number of ketones is 1. The average molecular weight is 195 g/mol. The maximum absolute atomic E-state index is 11.7. The zero-order valence-electron chi connectivity index (χ0n) is 8.32. The van der Waals surface area contributed by atoms with Crippen molar-refractivity contribution in [3.63, 3.8) is 0 Å². The van der Waals surface area contributed by atoms with Crippen LogP contribution in [0.2, 0.25) is 0 Å². The average Bonchev–Trinajstić information content (AvgIpc) is 2.54. The van der Waals surface area contributed by atoms with Crippen LogP contribution < -0.4 is 0 Å². The number of carbonyl (C=O) groups is 3. The first-order chi connectivity index (χ1) is 6.52. The molecule has 1 aliphatic heterocycles. The molecule has 2 unspecified atom stereocenters. The summed E-state index contributed by atoms with van der Waals surface area (Å²) < 4.78 is 0. The van der Waals surface area contributed by atoms with Crippen molar-refractivity contribution in [3.8, 4) is 0 Å². The second-order valence-corrected chi connectivity index (χ2v) is 4.30. The quantitative estimate of drug-likeness (QED) is 0.567. The molecule has 0 spiro atoms. The molecule has 2 atom stereocenters. The number of hydrogen-bond acceptors (Lipinski definition) is 3. The maximum Gasteiger partial charge on any atom is 0.233 e. The van der Waals surface area contributed by atoms with Gasteiger partial charge in [-0.15, -0.1) is 0 Å². The van der Waals surface area contributed by atoms with Gasteiger partial charge >= 0.3 is 0 Å². The van der Waals surface area contributed by atoms with Gasteiger partial charge in [-0.2, -0.15) is 0 Å². The normalized spacial score (nSPS) is 31.9. The largest absolute Gasteiger partial charge is 0.300 e. The Morgan fingerprint density at radius 2 is 1.50 bits per heavy atom. The molecule has 76 valence electrons. The van der Waals surface area contributed by atoms with Crippen LogP contribution >= 0.6 is 0 Å². The number of hydrogen-bond donors (Lipinski definition) is 0. The zero-order valence-corrected chi connectivity index (χ0v) is 8.32. The number of likely N-dealkylation sites (tertiary alicyclic amines) is 1. The molecular weight excluding hydrogens is 182 g/mol. The van der Waals surface area contributed by atoms with E-state index >= 15 is 0 Å². The van der Waals surface area contributed by atoms with E-state index in [1.165, 1.54) is 4.90 Å². The fraction of sp³-hybridized carbons (Fsp3) is 0.700. The highest BCUT2D eigenvalue weighted by Crippen LogP contribution is 2.38. The minimum absolute atomic E-state index is 0.0464. The van der Waals surface area contributed by atoms with E-state index in [2.05, 4.69) is 0 Å². The number of fused-ring (bicyclic) bond motifs is 1. The van der Waals surface area contributed by atoms with Gasteiger partial charge in [-0.05, 0) is 13.8 Å². The smallest absolute Gasteiger partial charge is 0.233 e. The van der Waals surface area contributed by atoms with Crippen molar-refractivity contribution in [1.82, 2.24) is 4.90 Å². The van der Waals surface area contributed by atoms with E-state index in [0.717, 1.165) is 0 Å². The number of carbonyl (C=O) groups excluding carboxylic acids is 3. The molecule has 0 N–H and O–H groups in total. The molecule has 2 amide bonds. The Bertz CT molecular complexity index is 295. The molecule has 0 bridgehead atoms. The number of amides is 2. The maximum atomic E-state index is 11.7. The molecule has 2 rings (SSSR count). The standard InChI is InChI=1S/C10H13NO3/c1-5(2)11-9(13)7-3-6(12)4-8(7)10(11)14/h5,7-8H,3-4H2,1-2H3. The first kappa shape index (κ1) is 9.37. The van der Waals surface area contributed by atoms with Crippen molar-refractivity contribution in [2.45, 2.75) is 32.7 Å². The fourth-order valence-corrected chi connectivity index (χ4v) is 2.35. The van der Waals surface area contributed by atoms with Crippen molar-refractivity contribution in [3.05, 3.63) is 0 Å². The predicted molar refractivity (Wildman–Crippen MR) is 48.2 cm³/mol. The van der Waals surface area contributed by atoms with Crippen molar-refractivity contribution in [1.29, 1.82) is 0 Å². The number of Topliss-reactive ketones (excluding diaryl/α,β-unsaturated/α-hetero) is 1. The molecule has 0 aromatic carbocycles. The second-order valence-electron chi connectivity index (χ2n) is 4.30. The minimum Gasteiger partial charge on any atom is -0.300 e. The van der Waals surface area contributed by atoms with Crippen molar-refractivity contribution in [2.24, 2.45) is 11.8 Å². The third-order valence-electron chi connectivity index (χ3n) is 3.01. The summed E-state index contributed by atoms with van der Waals surface area (Å²) >= 11 is 0. The fourth-order valence-electron chi connectivity index (χ4n) is 2.35. The Hall–Kier alpha value is -1.19. The van der Waals surface area contributed by atoms with Crippen LogP contribution in [0.5, 0.6) is 0 Å². The first-order valence-corrected chi connectivity index (χ1v) is 4.91. The Morgan fingerprint density at radius 3 is 1.86 bits per heavy atom. The summed E-state index contributed by atoms with van der Waals surface area (Å²) in [5, 5.41) is 0. The summed E-state index contributed by atoms with van der Waals surface area (Å²) in [6.07, 6.45) is 0.525. The third kappa shape index (κ3) is 1.10. The predicted octanol–water partition coefficient (Wildman–Crippen LogP) is 0.359. The van der Waals surface area contributed by atoms with Gasteiger partial charge in [0.1, 0.15) is 5.78 Å². The van der Waals surface area contributed by atoms with Crippen LogP contribution in [0.15, 0.2) is 0 Å². The summed E-state index contributed by atoms with van der Waals surface area (Å²) in [5.74, 6) is -0.957. The Balaban J connectivity index is 2.28. The monoisotopic (exact) mass is 195 g/mol. The molecule has 2 fully saturated rings. The lowest BCUT2D eigenvalue weighted by atomic mass is 10.00. The van der Waals surface area contributed by atoms with E-state index in [1.807, 2.05) is 13.8 Å². The molecule has 4 heteroatoms. The summed E-state index contributed by atoms with van der Waals surface area (Å²) in [7, 11) is 0. The van der Waals surface area contributed by atoms with Crippen LogP contribution in [0.1, 0.15) is 26.7 Å². The van der Waals surface area contributed by atoms with Crippen LogP contribution in [-0.4, -0.2) is 28.5 Å². The molecule has 0 aromatic rings. The van der Waals surface area contributed by atoms with E-state index in [9.17, 15) is 14.4 Å². The lowest BCUT2D eigenvalue weighted by molar-refractivity contribution is -0.143. The van der Waals surface area contributed by atoms with E-state index in [0.29, 0.717) is 0 Å². The second kappa shape index (κ2) is 2.90. The van der Waals surface area contributed by atoms with Crippen LogP contribution in [0.25, 0.3) is 0 Å². The van der Waals surface area contributed by atoms with E-state index in [-0.39, 0.29) is 48.3 Å². The molecule has 1 saturated heterocycles. The minimum atomic E-state index is -0.350.